The molecule has 1 aromatic heterocycles. The van der Waals surface area contributed by atoms with E-state index in [0.29, 0.717) is 19.0 Å². The lowest BCUT2D eigenvalue weighted by Crippen LogP contribution is -2.41. The highest BCUT2D eigenvalue weighted by molar-refractivity contribution is 5.73. The summed E-state index contributed by atoms with van der Waals surface area (Å²) in [5.74, 6) is 1.48. The van der Waals surface area contributed by atoms with Crippen LogP contribution in [0.1, 0.15) is 39.9 Å². The topological polar surface area (TPSA) is 59.0 Å². The number of hydrogen-bond donors (Lipinski definition) is 2. The number of aryl methyl sites for hydroxylation is 1. The molecule has 19 heavy (non-hydrogen) atoms. The summed E-state index contributed by atoms with van der Waals surface area (Å²) in [7, 11) is 1.91. The van der Waals surface area contributed by atoms with Crippen LogP contribution >= 0.6 is 0 Å². The molecule has 5 heteroatoms. The van der Waals surface area contributed by atoms with Gasteiger partial charge in [0.15, 0.2) is 0 Å². The average molecular weight is 266 g/mol. The van der Waals surface area contributed by atoms with Gasteiger partial charge in [-0.2, -0.15) is 0 Å². The number of urea groups is 1. The predicted octanol–water partition coefficient (Wildman–Crippen LogP) is 2.29. The zero-order valence-corrected chi connectivity index (χ0v) is 12.7. The maximum absolute atomic E-state index is 11.7. The van der Waals surface area contributed by atoms with Gasteiger partial charge >= 0.3 is 6.03 Å². The van der Waals surface area contributed by atoms with Crippen LogP contribution in [0, 0.1) is 11.3 Å². The molecule has 0 saturated carbocycles. The number of nitrogens with zero attached hydrogens (tertiary/aromatic N) is 2. The molecule has 0 aliphatic rings. The van der Waals surface area contributed by atoms with E-state index in [1.54, 1.807) is 6.20 Å². The van der Waals surface area contributed by atoms with Gasteiger partial charge < -0.3 is 15.2 Å². The van der Waals surface area contributed by atoms with Crippen molar-refractivity contribution in [3.05, 3.63) is 18.2 Å². The molecule has 5 nitrogen and oxygen atoms in total. The largest absolute Gasteiger partial charge is 0.338 e. The molecule has 0 atom stereocenters. The van der Waals surface area contributed by atoms with Crippen LogP contribution in [0.5, 0.6) is 0 Å². The van der Waals surface area contributed by atoms with Gasteiger partial charge in [-0.05, 0) is 17.8 Å². The number of nitrogens with one attached hydrogen (secondary N) is 2. The first kappa shape index (κ1) is 15.5. The van der Waals surface area contributed by atoms with Crippen molar-refractivity contribution in [3.8, 4) is 0 Å². The van der Waals surface area contributed by atoms with E-state index in [1.165, 1.54) is 0 Å². The molecule has 1 heterocycles. The number of rotatable bonds is 6. The molecule has 0 aromatic carbocycles. The molecular weight excluding hydrogens is 240 g/mol. The van der Waals surface area contributed by atoms with Gasteiger partial charge in [-0.1, -0.05) is 27.7 Å². The first-order chi connectivity index (χ1) is 8.80. The normalized spacial score (nSPS) is 11.7. The standard InChI is InChI=1S/C14H26N4O/c1-11(2)8-14(3,4)10-17-13(19)16-9-12-15-6-7-18(12)5/h6-7,11H,8-10H2,1-5H3,(H2,16,17,19). The van der Waals surface area contributed by atoms with Crippen LogP contribution in [0.2, 0.25) is 0 Å². The van der Waals surface area contributed by atoms with Crippen LogP contribution in [0.4, 0.5) is 4.79 Å². The maximum atomic E-state index is 11.7. The van der Waals surface area contributed by atoms with Crippen molar-refractivity contribution < 1.29 is 4.79 Å². The number of carbonyl (C=O) groups excluding carboxylic acids is 1. The monoisotopic (exact) mass is 266 g/mol. The smallest absolute Gasteiger partial charge is 0.315 e. The van der Waals surface area contributed by atoms with Crippen LogP contribution < -0.4 is 10.6 Å². The van der Waals surface area contributed by atoms with Gasteiger partial charge in [0.05, 0.1) is 6.54 Å². The van der Waals surface area contributed by atoms with Gasteiger partial charge in [-0.25, -0.2) is 9.78 Å². The van der Waals surface area contributed by atoms with Crippen molar-refractivity contribution in [1.82, 2.24) is 20.2 Å². The summed E-state index contributed by atoms with van der Waals surface area (Å²) in [5, 5.41) is 5.74. The average Bonchev–Trinajstić information content (AvgIpc) is 2.68. The molecule has 0 unspecified atom stereocenters. The third-order valence-electron chi connectivity index (χ3n) is 3.02. The molecule has 108 valence electrons. The highest BCUT2D eigenvalue weighted by atomic mass is 16.2. The lowest BCUT2D eigenvalue weighted by atomic mass is 9.84. The van der Waals surface area contributed by atoms with E-state index in [-0.39, 0.29) is 11.4 Å². The lowest BCUT2D eigenvalue weighted by Gasteiger charge is -2.26. The first-order valence-corrected chi connectivity index (χ1v) is 6.78. The van der Waals surface area contributed by atoms with Crippen LogP contribution in [-0.2, 0) is 13.6 Å². The van der Waals surface area contributed by atoms with Gasteiger partial charge in [0.1, 0.15) is 5.82 Å². The Bertz CT molecular complexity index is 409. The van der Waals surface area contributed by atoms with Crippen molar-refractivity contribution in [3.63, 3.8) is 0 Å². The number of hydrogen-bond acceptors (Lipinski definition) is 2. The summed E-state index contributed by atoms with van der Waals surface area (Å²) in [4.78, 5) is 15.9. The van der Waals surface area contributed by atoms with Crippen molar-refractivity contribution >= 4 is 6.03 Å². The third kappa shape index (κ3) is 5.77. The van der Waals surface area contributed by atoms with Gasteiger partial charge in [-0.15, -0.1) is 0 Å². The summed E-state index contributed by atoms with van der Waals surface area (Å²) in [5.41, 5.74) is 0.120. The van der Waals surface area contributed by atoms with E-state index in [2.05, 4.69) is 43.3 Å². The number of carbonyl (C=O) groups is 1. The van der Waals surface area contributed by atoms with Gasteiger partial charge in [0.2, 0.25) is 0 Å². The quantitative estimate of drug-likeness (QED) is 0.830. The van der Waals surface area contributed by atoms with E-state index >= 15 is 0 Å². The zero-order chi connectivity index (χ0) is 14.5. The van der Waals surface area contributed by atoms with Crippen molar-refractivity contribution in [2.45, 2.75) is 40.7 Å². The summed E-state index contributed by atoms with van der Waals surface area (Å²) < 4.78 is 1.89. The van der Waals surface area contributed by atoms with Gasteiger partial charge in [-0.3, -0.25) is 0 Å². The second-order valence-corrected chi connectivity index (χ2v) is 6.25. The molecule has 0 aliphatic carbocycles. The Morgan fingerprint density at radius 3 is 2.63 bits per heavy atom. The molecule has 0 radical (unpaired) electrons. The van der Waals surface area contributed by atoms with Crippen molar-refractivity contribution in [2.75, 3.05) is 6.54 Å². The second-order valence-electron chi connectivity index (χ2n) is 6.25. The molecule has 0 bridgehead atoms. The molecule has 2 N–H and O–H groups in total. The third-order valence-corrected chi connectivity index (χ3v) is 3.02. The molecule has 0 fully saturated rings. The fourth-order valence-corrected chi connectivity index (χ4v) is 2.29. The van der Waals surface area contributed by atoms with E-state index in [9.17, 15) is 4.79 Å². The number of imidazole rings is 1. The minimum absolute atomic E-state index is 0.120. The van der Waals surface area contributed by atoms with Crippen LogP contribution in [0.25, 0.3) is 0 Å². The predicted molar refractivity (Wildman–Crippen MR) is 76.7 cm³/mol. The minimum Gasteiger partial charge on any atom is -0.338 e. The molecule has 1 rings (SSSR count). The van der Waals surface area contributed by atoms with Crippen LogP contribution in [0.15, 0.2) is 12.4 Å². The highest BCUT2D eigenvalue weighted by Gasteiger charge is 2.20. The van der Waals surface area contributed by atoms with E-state index in [4.69, 9.17) is 0 Å². The maximum Gasteiger partial charge on any atom is 0.315 e. The van der Waals surface area contributed by atoms with Crippen LogP contribution in [0.3, 0.4) is 0 Å². The SMILES string of the molecule is CC(C)CC(C)(C)CNC(=O)NCc1nccn1C. The number of amides is 2. The Kier molecular flexibility index (Phi) is 5.39. The van der Waals surface area contributed by atoms with Gasteiger partial charge in [0.25, 0.3) is 0 Å². The van der Waals surface area contributed by atoms with E-state index < -0.39 is 0 Å². The molecule has 2 amide bonds. The lowest BCUT2D eigenvalue weighted by molar-refractivity contribution is 0.226. The summed E-state index contributed by atoms with van der Waals surface area (Å²) >= 11 is 0. The molecule has 0 saturated heterocycles. The molecule has 0 spiro atoms. The Morgan fingerprint density at radius 2 is 2.11 bits per heavy atom. The summed E-state index contributed by atoms with van der Waals surface area (Å²) in [6.45, 7) is 9.86. The highest BCUT2D eigenvalue weighted by Crippen LogP contribution is 2.23. The fourth-order valence-electron chi connectivity index (χ4n) is 2.29. The zero-order valence-electron chi connectivity index (χ0n) is 12.7. The summed E-state index contributed by atoms with van der Waals surface area (Å²) in [6.07, 6.45) is 4.67. The number of aromatic nitrogens is 2. The van der Waals surface area contributed by atoms with E-state index in [0.717, 1.165) is 12.2 Å². The van der Waals surface area contributed by atoms with Crippen molar-refractivity contribution in [2.24, 2.45) is 18.4 Å². The van der Waals surface area contributed by atoms with Crippen molar-refractivity contribution in [1.29, 1.82) is 0 Å². The second kappa shape index (κ2) is 6.59. The Hall–Kier alpha value is -1.52. The van der Waals surface area contributed by atoms with Crippen LogP contribution in [-0.4, -0.2) is 22.1 Å². The first-order valence-electron chi connectivity index (χ1n) is 6.78. The minimum atomic E-state index is -0.139. The molecule has 0 aliphatic heterocycles. The summed E-state index contributed by atoms with van der Waals surface area (Å²) in [6, 6.07) is -0.139. The van der Waals surface area contributed by atoms with E-state index in [1.807, 2.05) is 17.8 Å². The Balaban J connectivity index is 2.30. The Labute approximate surface area is 115 Å². The Morgan fingerprint density at radius 1 is 1.42 bits per heavy atom. The van der Waals surface area contributed by atoms with Gasteiger partial charge in [0, 0.05) is 26.0 Å². The molecule has 1 aromatic rings. The fraction of sp³-hybridized carbons (Fsp3) is 0.714. The molecular formula is C14H26N4O.